The van der Waals surface area contributed by atoms with E-state index in [1.807, 2.05) is 38.4 Å². The monoisotopic (exact) mass is 335 g/mol. The van der Waals surface area contributed by atoms with Crippen molar-refractivity contribution in [3.63, 3.8) is 0 Å². The van der Waals surface area contributed by atoms with E-state index in [4.69, 9.17) is 4.74 Å². The standard InChI is InChI=1S/C18H29N3O3/c1-15(22)21(14-18(23)19-11-5-12-20(2)3)13-10-16-6-8-17(24-4)9-7-16/h6-9H,5,10-14H2,1-4H3,(H,19,23). The zero-order valence-electron chi connectivity index (χ0n) is 15.2. The molecule has 0 atom stereocenters. The lowest BCUT2D eigenvalue weighted by Gasteiger charge is -2.20. The first-order valence-electron chi connectivity index (χ1n) is 8.22. The van der Waals surface area contributed by atoms with Gasteiger partial charge in [-0.15, -0.1) is 0 Å². The number of rotatable bonds is 10. The summed E-state index contributed by atoms with van der Waals surface area (Å²) in [7, 11) is 5.63. The summed E-state index contributed by atoms with van der Waals surface area (Å²) in [6.45, 7) is 3.67. The van der Waals surface area contributed by atoms with Gasteiger partial charge in [-0.1, -0.05) is 12.1 Å². The van der Waals surface area contributed by atoms with E-state index in [0.29, 0.717) is 19.5 Å². The topological polar surface area (TPSA) is 61.9 Å². The van der Waals surface area contributed by atoms with Crippen molar-refractivity contribution >= 4 is 11.8 Å². The van der Waals surface area contributed by atoms with Crippen LogP contribution in [0.25, 0.3) is 0 Å². The van der Waals surface area contributed by atoms with E-state index >= 15 is 0 Å². The molecule has 1 rings (SSSR count). The van der Waals surface area contributed by atoms with Gasteiger partial charge in [-0.2, -0.15) is 0 Å². The Hall–Kier alpha value is -2.08. The van der Waals surface area contributed by atoms with E-state index in [1.165, 1.54) is 6.92 Å². The number of nitrogens with zero attached hydrogens (tertiary/aromatic N) is 2. The minimum atomic E-state index is -0.112. The van der Waals surface area contributed by atoms with Crippen molar-refractivity contribution in [2.75, 3.05) is 47.4 Å². The minimum Gasteiger partial charge on any atom is -0.497 e. The Bertz CT molecular complexity index is 515. The van der Waals surface area contributed by atoms with Gasteiger partial charge in [0.25, 0.3) is 0 Å². The van der Waals surface area contributed by atoms with Crippen LogP contribution >= 0.6 is 0 Å². The molecule has 0 spiro atoms. The van der Waals surface area contributed by atoms with Crippen LogP contribution in [0.3, 0.4) is 0 Å². The smallest absolute Gasteiger partial charge is 0.239 e. The van der Waals surface area contributed by atoms with E-state index in [9.17, 15) is 9.59 Å². The molecule has 0 aliphatic heterocycles. The Kier molecular flexibility index (Phi) is 8.86. The third-order valence-electron chi connectivity index (χ3n) is 3.71. The lowest BCUT2D eigenvalue weighted by atomic mass is 10.1. The van der Waals surface area contributed by atoms with Gasteiger partial charge in [0, 0.05) is 20.0 Å². The second-order valence-corrected chi connectivity index (χ2v) is 6.05. The van der Waals surface area contributed by atoms with Crippen molar-refractivity contribution in [3.8, 4) is 5.75 Å². The third kappa shape index (κ3) is 7.97. The zero-order valence-corrected chi connectivity index (χ0v) is 15.2. The molecule has 24 heavy (non-hydrogen) atoms. The predicted molar refractivity (Wildman–Crippen MR) is 95.1 cm³/mol. The first-order valence-corrected chi connectivity index (χ1v) is 8.22. The van der Waals surface area contributed by atoms with Crippen molar-refractivity contribution in [2.24, 2.45) is 0 Å². The van der Waals surface area contributed by atoms with E-state index in [2.05, 4.69) is 10.2 Å². The molecule has 1 aromatic carbocycles. The first-order chi connectivity index (χ1) is 11.4. The maximum Gasteiger partial charge on any atom is 0.239 e. The summed E-state index contributed by atoms with van der Waals surface area (Å²) in [4.78, 5) is 27.3. The Labute approximate surface area is 144 Å². The summed E-state index contributed by atoms with van der Waals surface area (Å²) < 4.78 is 5.13. The largest absolute Gasteiger partial charge is 0.497 e. The molecule has 0 saturated heterocycles. The van der Waals surface area contributed by atoms with Gasteiger partial charge in [0.05, 0.1) is 13.7 Å². The van der Waals surface area contributed by atoms with Gasteiger partial charge in [-0.25, -0.2) is 0 Å². The molecule has 1 aromatic rings. The van der Waals surface area contributed by atoms with E-state index < -0.39 is 0 Å². The number of ether oxygens (including phenoxy) is 1. The van der Waals surface area contributed by atoms with Crippen LogP contribution in [0.5, 0.6) is 5.75 Å². The second kappa shape index (κ2) is 10.6. The average Bonchev–Trinajstić information content (AvgIpc) is 2.55. The maximum absolute atomic E-state index is 12.0. The number of methoxy groups -OCH3 is 1. The van der Waals surface area contributed by atoms with Gasteiger partial charge in [0.15, 0.2) is 0 Å². The van der Waals surface area contributed by atoms with Gasteiger partial charge < -0.3 is 19.9 Å². The van der Waals surface area contributed by atoms with Crippen molar-refractivity contribution in [3.05, 3.63) is 29.8 Å². The van der Waals surface area contributed by atoms with Crippen LogP contribution in [-0.2, 0) is 16.0 Å². The fourth-order valence-corrected chi connectivity index (χ4v) is 2.26. The summed E-state index contributed by atoms with van der Waals surface area (Å²) in [6, 6.07) is 7.73. The fourth-order valence-electron chi connectivity index (χ4n) is 2.26. The Morgan fingerprint density at radius 1 is 1.12 bits per heavy atom. The van der Waals surface area contributed by atoms with Crippen LogP contribution in [0.2, 0.25) is 0 Å². The van der Waals surface area contributed by atoms with Crippen LogP contribution < -0.4 is 10.1 Å². The molecule has 0 aromatic heterocycles. The molecule has 0 bridgehead atoms. The summed E-state index contributed by atoms with van der Waals surface area (Å²) in [5.74, 6) is 0.602. The molecule has 0 aliphatic carbocycles. The highest BCUT2D eigenvalue weighted by Gasteiger charge is 2.13. The number of carbonyl (C=O) groups excluding carboxylic acids is 2. The normalized spacial score (nSPS) is 10.5. The number of nitrogens with one attached hydrogen (secondary N) is 1. The predicted octanol–water partition coefficient (Wildman–Crippen LogP) is 1.15. The zero-order chi connectivity index (χ0) is 17.9. The summed E-state index contributed by atoms with van der Waals surface area (Å²) in [5, 5.41) is 2.86. The molecule has 0 fully saturated rings. The number of hydrogen-bond donors (Lipinski definition) is 1. The van der Waals surface area contributed by atoms with Crippen LogP contribution in [0, 0.1) is 0 Å². The molecule has 134 valence electrons. The van der Waals surface area contributed by atoms with E-state index in [0.717, 1.165) is 24.3 Å². The average molecular weight is 335 g/mol. The molecule has 6 heteroatoms. The molecule has 2 amide bonds. The van der Waals surface area contributed by atoms with Crippen molar-refractivity contribution in [2.45, 2.75) is 19.8 Å². The second-order valence-electron chi connectivity index (χ2n) is 6.05. The minimum absolute atomic E-state index is 0.0908. The molecule has 0 unspecified atom stereocenters. The van der Waals surface area contributed by atoms with Gasteiger partial charge in [0.2, 0.25) is 11.8 Å². The number of benzene rings is 1. The Morgan fingerprint density at radius 3 is 2.33 bits per heavy atom. The number of hydrogen-bond acceptors (Lipinski definition) is 4. The van der Waals surface area contributed by atoms with Gasteiger partial charge >= 0.3 is 0 Å². The van der Waals surface area contributed by atoms with Crippen LogP contribution in [0.4, 0.5) is 0 Å². The number of carbonyl (C=O) groups is 2. The summed E-state index contributed by atoms with van der Waals surface area (Å²) in [6.07, 6.45) is 1.60. The van der Waals surface area contributed by atoms with Crippen LogP contribution in [0.1, 0.15) is 18.9 Å². The van der Waals surface area contributed by atoms with Crippen LogP contribution in [-0.4, -0.2) is 69.0 Å². The molecule has 0 radical (unpaired) electrons. The molecular weight excluding hydrogens is 306 g/mol. The van der Waals surface area contributed by atoms with Crippen molar-refractivity contribution in [1.82, 2.24) is 15.1 Å². The summed E-state index contributed by atoms with van der Waals surface area (Å²) in [5.41, 5.74) is 1.11. The third-order valence-corrected chi connectivity index (χ3v) is 3.71. The first kappa shape index (κ1) is 20.0. The summed E-state index contributed by atoms with van der Waals surface area (Å²) >= 11 is 0. The molecular formula is C18H29N3O3. The number of amides is 2. The lowest BCUT2D eigenvalue weighted by Crippen LogP contribution is -2.41. The van der Waals surface area contributed by atoms with Crippen molar-refractivity contribution < 1.29 is 14.3 Å². The highest BCUT2D eigenvalue weighted by molar-refractivity contribution is 5.83. The Balaban J connectivity index is 2.40. The van der Waals surface area contributed by atoms with Gasteiger partial charge in [0.1, 0.15) is 5.75 Å². The highest BCUT2D eigenvalue weighted by atomic mass is 16.5. The van der Waals surface area contributed by atoms with E-state index in [1.54, 1.807) is 12.0 Å². The lowest BCUT2D eigenvalue weighted by molar-refractivity contribution is -0.134. The quantitative estimate of drug-likeness (QED) is 0.652. The Morgan fingerprint density at radius 2 is 1.79 bits per heavy atom. The molecule has 0 aliphatic rings. The van der Waals surface area contributed by atoms with Crippen molar-refractivity contribution in [1.29, 1.82) is 0 Å². The molecule has 0 saturated carbocycles. The SMILES string of the molecule is COc1ccc(CCN(CC(=O)NCCCN(C)C)C(C)=O)cc1. The van der Waals surface area contributed by atoms with Crippen LogP contribution in [0.15, 0.2) is 24.3 Å². The molecule has 1 N–H and O–H groups in total. The van der Waals surface area contributed by atoms with E-state index in [-0.39, 0.29) is 18.4 Å². The maximum atomic E-state index is 12.0. The van der Waals surface area contributed by atoms with Gasteiger partial charge in [-0.05, 0) is 51.2 Å². The molecule has 0 heterocycles. The fraction of sp³-hybridized carbons (Fsp3) is 0.556. The highest BCUT2D eigenvalue weighted by Crippen LogP contribution is 2.12. The van der Waals surface area contributed by atoms with Gasteiger partial charge in [-0.3, -0.25) is 9.59 Å². The molecule has 6 nitrogen and oxygen atoms in total.